The van der Waals surface area contributed by atoms with Gasteiger partial charge >= 0.3 is 6.18 Å². The fourth-order valence-corrected chi connectivity index (χ4v) is 3.90. The van der Waals surface area contributed by atoms with E-state index in [1.165, 1.54) is 24.3 Å². The van der Waals surface area contributed by atoms with Crippen LogP contribution in [0.15, 0.2) is 29.2 Å². The van der Waals surface area contributed by atoms with Gasteiger partial charge in [0, 0.05) is 12.1 Å². The zero-order valence-corrected chi connectivity index (χ0v) is 15.5. The standard InChI is InChI=1S/C15H23F3N2O2S.ClH/c1-11(2)8-14(3,10-19)20-23(21,22)13-6-4-12(5-7-13)9-15(16,17)18;/h4-7,11,20H,8-10,19H2,1-3H3;1H. The number of hydrogen-bond donors (Lipinski definition) is 2. The van der Waals surface area contributed by atoms with E-state index in [0.29, 0.717) is 6.42 Å². The molecule has 0 spiro atoms. The molecular weight excluding hydrogens is 365 g/mol. The van der Waals surface area contributed by atoms with E-state index in [0.717, 1.165) is 0 Å². The Morgan fingerprint density at radius 3 is 2.04 bits per heavy atom. The number of nitrogens with one attached hydrogen (secondary N) is 1. The quantitative estimate of drug-likeness (QED) is 0.753. The molecule has 1 unspecified atom stereocenters. The van der Waals surface area contributed by atoms with Crippen molar-refractivity contribution >= 4 is 22.4 Å². The molecule has 0 aliphatic heterocycles. The zero-order chi connectivity index (χ0) is 17.9. The summed E-state index contributed by atoms with van der Waals surface area (Å²) < 4.78 is 64.3. The van der Waals surface area contributed by atoms with E-state index in [1.54, 1.807) is 6.92 Å². The molecule has 1 aromatic rings. The second kappa shape index (κ2) is 8.51. The van der Waals surface area contributed by atoms with Gasteiger partial charge in [-0.25, -0.2) is 13.1 Å². The maximum Gasteiger partial charge on any atom is 0.393 e. The van der Waals surface area contributed by atoms with Gasteiger partial charge in [0.2, 0.25) is 10.0 Å². The highest BCUT2D eigenvalue weighted by Gasteiger charge is 2.31. The van der Waals surface area contributed by atoms with Gasteiger partial charge in [-0.15, -0.1) is 12.4 Å². The van der Waals surface area contributed by atoms with Gasteiger partial charge in [-0.2, -0.15) is 13.2 Å². The topological polar surface area (TPSA) is 72.2 Å². The lowest BCUT2D eigenvalue weighted by Crippen LogP contribution is -2.51. The molecule has 4 nitrogen and oxygen atoms in total. The molecule has 9 heteroatoms. The maximum absolute atomic E-state index is 12.4. The average molecular weight is 389 g/mol. The molecule has 0 saturated heterocycles. The summed E-state index contributed by atoms with van der Waals surface area (Å²) in [4.78, 5) is -0.0770. The molecule has 0 saturated carbocycles. The second-order valence-corrected chi connectivity index (χ2v) is 8.09. The fourth-order valence-electron chi connectivity index (χ4n) is 2.47. The van der Waals surface area contributed by atoms with E-state index < -0.39 is 28.2 Å². The normalized spacial score (nSPS) is 15.0. The highest BCUT2D eigenvalue weighted by molar-refractivity contribution is 7.89. The summed E-state index contributed by atoms with van der Waals surface area (Å²) in [6.45, 7) is 5.74. The molecule has 140 valence electrons. The summed E-state index contributed by atoms with van der Waals surface area (Å²) in [6.07, 6.45) is -4.86. The highest BCUT2D eigenvalue weighted by Crippen LogP contribution is 2.23. The van der Waals surface area contributed by atoms with Crippen molar-refractivity contribution in [2.24, 2.45) is 11.7 Å². The second-order valence-electron chi connectivity index (χ2n) is 6.40. The lowest BCUT2D eigenvalue weighted by Gasteiger charge is -2.30. The summed E-state index contributed by atoms with van der Waals surface area (Å²) in [5.74, 6) is 0.236. The Morgan fingerprint density at radius 1 is 1.17 bits per heavy atom. The number of nitrogens with two attached hydrogens (primary N) is 1. The van der Waals surface area contributed by atoms with Gasteiger partial charge < -0.3 is 5.73 Å². The molecule has 24 heavy (non-hydrogen) atoms. The van der Waals surface area contributed by atoms with Crippen LogP contribution in [0.5, 0.6) is 0 Å². The molecule has 3 N–H and O–H groups in total. The SMILES string of the molecule is CC(C)CC(C)(CN)NS(=O)(=O)c1ccc(CC(F)(F)F)cc1.Cl. The summed E-state index contributed by atoms with van der Waals surface area (Å²) in [5, 5.41) is 0. The fraction of sp³-hybridized carbons (Fsp3) is 0.600. The predicted molar refractivity (Wildman–Crippen MR) is 90.7 cm³/mol. The summed E-state index contributed by atoms with van der Waals surface area (Å²) in [6, 6.07) is 4.69. The first-order valence-corrected chi connectivity index (χ1v) is 8.75. The minimum absolute atomic E-state index is 0. The van der Waals surface area contributed by atoms with Crippen molar-refractivity contribution in [3.05, 3.63) is 29.8 Å². The molecule has 0 radical (unpaired) electrons. The Bertz CT molecular complexity index is 619. The molecule has 1 rings (SSSR count). The van der Waals surface area contributed by atoms with Crippen LogP contribution in [0.2, 0.25) is 0 Å². The molecule has 0 heterocycles. The van der Waals surface area contributed by atoms with E-state index in [9.17, 15) is 21.6 Å². The molecule has 1 atom stereocenters. The highest BCUT2D eigenvalue weighted by atomic mass is 35.5. The van der Waals surface area contributed by atoms with E-state index in [1.807, 2.05) is 13.8 Å². The van der Waals surface area contributed by atoms with Crippen molar-refractivity contribution in [3.63, 3.8) is 0 Å². The third-order valence-corrected chi connectivity index (χ3v) is 4.98. The molecule has 0 aliphatic rings. The van der Waals surface area contributed by atoms with Crippen LogP contribution in [0.4, 0.5) is 13.2 Å². The molecule has 0 fully saturated rings. The maximum atomic E-state index is 12.4. The van der Waals surface area contributed by atoms with E-state index in [4.69, 9.17) is 5.73 Å². The van der Waals surface area contributed by atoms with Gasteiger partial charge in [-0.1, -0.05) is 26.0 Å². The van der Waals surface area contributed by atoms with Gasteiger partial charge in [-0.3, -0.25) is 0 Å². The van der Waals surface area contributed by atoms with Crippen LogP contribution < -0.4 is 10.5 Å². The van der Waals surface area contributed by atoms with Crippen LogP contribution in [0, 0.1) is 5.92 Å². The van der Waals surface area contributed by atoms with Crippen LogP contribution >= 0.6 is 12.4 Å². The third kappa shape index (κ3) is 7.38. The molecule has 0 aromatic heterocycles. The number of hydrogen-bond acceptors (Lipinski definition) is 3. The van der Waals surface area contributed by atoms with Gasteiger partial charge in [0.1, 0.15) is 0 Å². The Hall–Kier alpha value is -0.830. The average Bonchev–Trinajstić information content (AvgIpc) is 2.35. The zero-order valence-electron chi connectivity index (χ0n) is 13.9. The Morgan fingerprint density at radius 2 is 1.67 bits per heavy atom. The first-order valence-electron chi connectivity index (χ1n) is 7.27. The van der Waals surface area contributed by atoms with Crippen LogP contribution in [0.25, 0.3) is 0 Å². The van der Waals surface area contributed by atoms with Crippen molar-refractivity contribution in [2.45, 2.75) is 50.2 Å². The summed E-state index contributed by atoms with van der Waals surface area (Å²) >= 11 is 0. The number of halogens is 4. The van der Waals surface area contributed by atoms with Crippen molar-refractivity contribution in [3.8, 4) is 0 Å². The lowest BCUT2D eigenvalue weighted by molar-refractivity contribution is -0.127. The van der Waals surface area contributed by atoms with Crippen molar-refractivity contribution in [1.29, 1.82) is 0 Å². The lowest BCUT2D eigenvalue weighted by atomic mass is 9.92. The molecule has 1 aromatic carbocycles. The minimum atomic E-state index is -4.33. The van der Waals surface area contributed by atoms with Gasteiger partial charge in [0.05, 0.1) is 11.3 Å². The van der Waals surface area contributed by atoms with Gasteiger partial charge in [0.15, 0.2) is 0 Å². The first-order chi connectivity index (χ1) is 10.4. The number of benzene rings is 1. The molecular formula is C15H24ClF3N2O2S. The monoisotopic (exact) mass is 388 g/mol. The van der Waals surface area contributed by atoms with Crippen LogP contribution in [0.3, 0.4) is 0 Å². The van der Waals surface area contributed by atoms with Crippen LogP contribution in [0.1, 0.15) is 32.8 Å². The number of rotatable bonds is 7. The first kappa shape index (κ1) is 23.2. The van der Waals surface area contributed by atoms with Crippen molar-refractivity contribution in [1.82, 2.24) is 4.72 Å². The van der Waals surface area contributed by atoms with Crippen LogP contribution in [-0.4, -0.2) is 26.7 Å². The predicted octanol–water partition coefficient (Wildman–Crippen LogP) is 3.26. The Balaban J connectivity index is 0.00000529. The van der Waals surface area contributed by atoms with Crippen molar-refractivity contribution in [2.75, 3.05) is 6.54 Å². The van der Waals surface area contributed by atoms with E-state index in [-0.39, 0.29) is 35.3 Å². The molecule has 0 amide bonds. The Labute approximate surface area is 147 Å². The number of sulfonamides is 1. The molecule has 0 aliphatic carbocycles. The number of alkyl halides is 3. The third-order valence-electron chi connectivity index (χ3n) is 3.33. The van der Waals surface area contributed by atoms with Crippen LogP contribution in [-0.2, 0) is 16.4 Å². The van der Waals surface area contributed by atoms with Gasteiger partial charge in [0.25, 0.3) is 0 Å². The largest absolute Gasteiger partial charge is 0.393 e. The summed E-state index contributed by atoms with van der Waals surface area (Å²) in [5.41, 5.74) is 4.89. The summed E-state index contributed by atoms with van der Waals surface area (Å²) in [7, 11) is -3.85. The minimum Gasteiger partial charge on any atom is -0.329 e. The van der Waals surface area contributed by atoms with E-state index >= 15 is 0 Å². The molecule has 0 bridgehead atoms. The van der Waals surface area contributed by atoms with E-state index in [2.05, 4.69) is 4.72 Å². The van der Waals surface area contributed by atoms with Crippen molar-refractivity contribution < 1.29 is 21.6 Å². The van der Waals surface area contributed by atoms with Gasteiger partial charge in [-0.05, 0) is 37.0 Å². The smallest absolute Gasteiger partial charge is 0.329 e. The Kier molecular flexibility index (Phi) is 8.22.